The maximum absolute atomic E-state index is 10.1. The molecule has 1 saturated heterocycles. The molecule has 1 aromatic rings. The summed E-state index contributed by atoms with van der Waals surface area (Å²) in [5.74, 6) is 0.627. The summed E-state index contributed by atoms with van der Waals surface area (Å²) >= 11 is 0. The lowest BCUT2D eigenvalue weighted by molar-refractivity contribution is -0.0221. The van der Waals surface area contributed by atoms with Gasteiger partial charge in [-0.05, 0) is 0 Å². The zero-order valence-electron chi connectivity index (χ0n) is 11.0. The summed E-state index contributed by atoms with van der Waals surface area (Å²) in [5.41, 5.74) is 6.26. The maximum atomic E-state index is 10.1. The van der Waals surface area contributed by atoms with Crippen molar-refractivity contribution in [2.75, 3.05) is 28.8 Å². The number of nitrogen functional groups attached to an aromatic ring is 1. The van der Waals surface area contributed by atoms with Gasteiger partial charge < -0.3 is 30.7 Å². The molecule has 3 heterocycles. The Morgan fingerprint density at radius 3 is 2.81 bits per heavy atom. The van der Waals surface area contributed by atoms with Crippen molar-refractivity contribution in [1.82, 2.24) is 9.97 Å². The fourth-order valence-corrected chi connectivity index (χ4v) is 2.59. The van der Waals surface area contributed by atoms with Gasteiger partial charge in [0.2, 0.25) is 0 Å². The molecule has 112 valence electrons. The second kappa shape index (κ2) is 5.01. The zero-order chi connectivity index (χ0) is 15.1. The third kappa shape index (κ3) is 1.97. The summed E-state index contributed by atoms with van der Waals surface area (Å²) in [6.07, 6.45) is 2.57. The molecule has 1 fully saturated rings. The number of hydrogen-bond acceptors (Lipinski definition) is 9. The summed E-state index contributed by atoms with van der Waals surface area (Å²) in [6, 6.07) is 2.45. The molecule has 0 amide bonds. The van der Waals surface area contributed by atoms with Crippen LogP contribution in [-0.2, 0) is 4.74 Å². The van der Waals surface area contributed by atoms with Crippen LogP contribution in [0, 0.1) is 12.5 Å². The molecule has 3 rings (SSSR count). The summed E-state index contributed by atoms with van der Waals surface area (Å²) in [7, 11) is 0. The van der Waals surface area contributed by atoms with Gasteiger partial charge in [0.05, 0.1) is 6.61 Å². The van der Waals surface area contributed by atoms with E-state index >= 15 is 0 Å². The molecule has 0 saturated carbocycles. The molecule has 0 bridgehead atoms. The fraction of sp³-hybridized carbons (Fsp3) is 0.500. The number of aliphatic hydroxyl groups excluding tert-OH is 3. The summed E-state index contributed by atoms with van der Waals surface area (Å²) in [4.78, 5) is 11.1. The van der Waals surface area contributed by atoms with Gasteiger partial charge in [0, 0.05) is 6.04 Å². The van der Waals surface area contributed by atoms with Gasteiger partial charge in [-0.2, -0.15) is 0 Å². The molecule has 0 aromatic carbocycles. The van der Waals surface area contributed by atoms with Crippen LogP contribution in [0.5, 0.6) is 0 Å². The van der Waals surface area contributed by atoms with Gasteiger partial charge in [-0.1, -0.05) is 6.42 Å². The van der Waals surface area contributed by atoms with Crippen LogP contribution >= 0.6 is 0 Å². The number of nitrogens with two attached hydrogens (primary N) is 1. The van der Waals surface area contributed by atoms with Crippen LogP contribution in [0.3, 0.4) is 0 Å². The number of hydrogen-bond donors (Lipinski definition) is 4. The molecule has 1 aromatic heterocycles. The van der Waals surface area contributed by atoms with E-state index in [9.17, 15) is 10.2 Å². The third-order valence-electron chi connectivity index (χ3n) is 3.65. The fourth-order valence-electron chi connectivity index (χ4n) is 2.59. The van der Waals surface area contributed by atoms with E-state index in [2.05, 4.69) is 16.0 Å². The Morgan fingerprint density at radius 2 is 2.19 bits per heavy atom. The van der Waals surface area contributed by atoms with Crippen LogP contribution in [0.2, 0.25) is 0 Å². The van der Waals surface area contributed by atoms with Gasteiger partial charge in [0.15, 0.2) is 17.9 Å². The smallest absolute Gasteiger partial charge is 0.162 e. The van der Waals surface area contributed by atoms with E-state index in [0.717, 1.165) is 0 Å². The first-order valence-corrected chi connectivity index (χ1v) is 6.31. The Morgan fingerprint density at radius 1 is 1.43 bits per heavy atom. The molecule has 9 heteroatoms. The SMILES string of the molecule is C#CN1CN([C@@H]2O[C@H](CO)[C@@H](O)[C@H]2O)c2ncnc(N)c21. The lowest BCUT2D eigenvalue weighted by atomic mass is 10.1. The third-order valence-corrected chi connectivity index (χ3v) is 3.65. The summed E-state index contributed by atoms with van der Waals surface area (Å²) in [5, 5.41) is 29.1. The molecule has 0 spiro atoms. The predicted octanol–water partition coefficient (Wildman–Crippen LogP) is -2.33. The molecule has 4 atom stereocenters. The number of terminal acetylenes is 1. The van der Waals surface area contributed by atoms with E-state index < -0.39 is 31.1 Å². The first-order valence-electron chi connectivity index (χ1n) is 6.31. The highest BCUT2D eigenvalue weighted by atomic mass is 16.6. The van der Waals surface area contributed by atoms with Crippen LogP contribution in [-0.4, -0.2) is 63.1 Å². The molecule has 21 heavy (non-hydrogen) atoms. The van der Waals surface area contributed by atoms with Crippen molar-refractivity contribution in [3.63, 3.8) is 0 Å². The van der Waals surface area contributed by atoms with Gasteiger partial charge in [-0.15, -0.1) is 0 Å². The predicted molar refractivity (Wildman–Crippen MR) is 72.9 cm³/mol. The van der Waals surface area contributed by atoms with E-state index in [-0.39, 0.29) is 12.5 Å². The Hall–Kier alpha value is -2.12. The number of anilines is 3. The molecule has 5 N–H and O–H groups in total. The normalized spacial score (nSPS) is 31.3. The number of fused-ring (bicyclic) bond motifs is 1. The molecule has 2 aliphatic heterocycles. The van der Waals surface area contributed by atoms with Crippen molar-refractivity contribution in [2.45, 2.75) is 24.5 Å². The average Bonchev–Trinajstić information content (AvgIpc) is 2.99. The van der Waals surface area contributed by atoms with Gasteiger partial charge in [0.25, 0.3) is 0 Å². The van der Waals surface area contributed by atoms with E-state index in [1.165, 1.54) is 11.2 Å². The lowest BCUT2D eigenvalue weighted by Gasteiger charge is -2.27. The molecule has 0 radical (unpaired) electrons. The highest BCUT2D eigenvalue weighted by Crippen LogP contribution is 2.40. The quantitative estimate of drug-likeness (QED) is 0.444. The molecular weight excluding hydrogens is 278 g/mol. The number of aliphatic hydroxyl groups is 3. The zero-order valence-corrected chi connectivity index (χ0v) is 11.0. The van der Waals surface area contributed by atoms with Crippen LogP contribution < -0.4 is 15.5 Å². The Labute approximate surface area is 120 Å². The van der Waals surface area contributed by atoms with Gasteiger partial charge in [0.1, 0.15) is 37.0 Å². The topological polar surface area (TPSA) is 128 Å². The molecule has 9 nitrogen and oxygen atoms in total. The van der Waals surface area contributed by atoms with E-state index in [1.54, 1.807) is 4.90 Å². The average molecular weight is 293 g/mol. The number of ether oxygens (including phenoxy) is 1. The van der Waals surface area contributed by atoms with Crippen LogP contribution in [0.25, 0.3) is 0 Å². The van der Waals surface area contributed by atoms with Crippen LogP contribution in [0.15, 0.2) is 6.33 Å². The molecule has 0 unspecified atom stereocenters. The van der Waals surface area contributed by atoms with Gasteiger partial charge >= 0.3 is 0 Å². The highest BCUT2D eigenvalue weighted by molar-refractivity contribution is 5.83. The van der Waals surface area contributed by atoms with Crippen LogP contribution in [0.1, 0.15) is 0 Å². The van der Waals surface area contributed by atoms with Gasteiger partial charge in [-0.3, -0.25) is 4.90 Å². The second-order valence-electron chi connectivity index (χ2n) is 4.83. The second-order valence-corrected chi connectivity index (χ2v) is 4.83. The summed E-state index contributed by atoms with van der Waals surface area (Å²) < 4.78 is 5.49. The van der Waals surface area contributed by atoms with Crippen molar-refractivity contribution in [3.8, 4) is 12.5 Å². The van der Waals surface area contributed by atoms with Gasteiger partial charge in [-0.25, -0.2) is 9.97 Å². The van der Waals surface area contributed by atoms with Crippen molar-refractivity contribution in [1.29, 1.82) is 0 Å². The summed E-state index contributed by atoms with van der Waals surface area (Å²) in [6.45, 7) is -0.221. The minimum Gasteiger partial charge on any atom is -0.394 e. The van der Waals surface area contributed by atoms with Crippen molar-refractivity contribution in [2.24, 2.45) is 0 Å². The Balaban J connectivity index is 1.96. The first kappa shape index (κ1) is 13.8. The minimum atomic E-state index is -1.20. The van der Waals surface area contributed by atoms with E-state index in [1.807, 2.05) is 0 Å². The molecular formula is C12H15N5O4. The van der Waals surface area contributed by atoms with E-state index in [0.29, 0.717) is 11.5 Å². The monoisotopic (exact) mass is 293 g/mol. The standard InChI is InChI=1S/C12H15N5O4/c1-2-16-5-17(11-7(16)10(13)14-4-15-11)12-9(20)8(19)6(3-18)21-12/h1,4,6,8-9,12,18-20H,3,5H2,(H2,13,14,15)/t6-,8-,9-,12-/m1/s1. The molecule has 2 aliphatic rings. The van der Waals surface area contributed by atoms with Crippen LogP contribution in [0.4, 0.5) is 17.3 Å². The van der Waals surface area contributed by atoms with Crippen molar-refractivity contribution >= 4 is 17.3 Å². The number of rotatable bonds is 2. The molecule has 0 aliphatic carbocycles. The lowest BCUT2D eigenvalue weighted by Crippen LogP contribution is -2.45. The Kier molecular flexibility index (Phi) is 3.30. The maximum Gasteiger partial charge on any atom is 0.162 e. The largest absolute Gasteiger partial charge is 0.394 e. The van der Waals surface area contributed by atoms with E-state index in [4.69, 9.17) is 22.0 Å². The Bertz CT molecular complexity index is 592. The number of aromatic nitrogens is 2. The van der Waals surface area contributed by atoms with Crippen molar-refractivity contribution < 1.29 is 20.1 Å². The van der Waals surface area contributed by atoms with Crippen molar-refractivity contribution in [3.05, 3.63) is 6.33 Å². The minimum absolute atomic E-state index is 0.182. The number of nitrogens with zero attached hydrogens (tertiary/aromatic N) is 4. The first-order chi connectivity index (χ1) is 10.1. The highest BCUT2D eigenvalue weighted by Gasteiger charge is 2.48.